The molecule has 1 aliphatic rings. The lowest BCUT2D eigenvalue weighted by atomic mass is 10.5. The van der Waals surface area contributed by atoms with E-state index in [1.807, 2.05) is 5.43 Å². The van der Waals surface area contributed by atoms with Gasteiger partial charge >= 0.3 is 10.1 Å². The lowest BCUT2D eigenvalue weighted by Gasteiger charge is -1.87. The molecule has 0 saturated heterocycles. The zero-order valence-corrected chi connectivity index (χ0v) is 5.55. The van der Waals surface area contributed by atoms with Crippen molar-refractivity contribution >= 4 is 21.1 Å². The van der Waals surface area contributed by atoms with Crippen molar-refractivity contribution in [2.45, 2.75) is 6.42 Å². The molecule has 0 spiro atoms. The Morgan fingerprint density at radius 3 is 2.40 bits per heavy atom. The van der Waals surface area contributed by atoms with Crippen LogP contribution >= 0.6 is 0 Å². The quantitative estimate of drug-likeness (QED) is 0.435. The van der Waals surface area contributed by atoms with Crippen molar-refractivity contribution in [3.8, 4) is 0 Å². The molecule has 6 nitrogen and oxygen atoms in total. The summed E-state index contributed by atoms with van der Waals surface area (Å²) in [5, 5.41) is 2.54. The SMILES string of the molecule is O=C1CC(S(=O)(=O)O)=NN1. The van der Waals surface area contributed by atoms with E-state index in [0.717, 1.165) is 0 Å². The molecule has 0 radical (unpaired) electrons. The highest BCUT2D eigenvalue weighted by Crippen LogP contribution is 2.00. The fourth-order valence-corrected chi connectivity index (χ4v) is 0.964. The molecule has 0 aromatic carbocycles. The fourth-order valence-electron chi connectivity index (χ4n) is 0.490. The van der Waals surface area contributed by atoms with Crippen molar-refractivity contribution in [1.29, 1.82) is 0 Å². The van der Waals surface area contributed by atoms with Gasteiger partial charge in [-0.05, 0) is 0 Å². The summed E-state index contributed by atoms with van der Waals surface area (Å²) in [5.41, 5.74) is 1.89. The number of hydrazone groups is 1. The molecular formula is C3H4N2O4S. The second-order valence-electron chi connectivity index (χ2n) is 1.69. The molecule has 0 saturated carbocycles. The molecule has 1 aliphatic heterocycles. The van der Waals surface area contributed by atoms with E-state index in [1.54, 1.807) is 0 Å². The van der Waals surface area contributed by atoms with Crippen molar-refractivity contribution in [2.24, 2.45) is 5.10 Å². The van der Waals surface area contributed by atoms with Crippen LogP contribution in [-0.4, -0.2) is 23.9 Å². The molecule has 10 heavy (non-hydrogen) atoms. The molecule has 1 rings (SSSR count). The Kier molecular flexibility index (Phi) is 1.45. The Balaban J connectivity index is 2.89. The maximum atomic E-state index is 10.3. The minimum absolute atomic E-state index is 0.376. The monoisotopic (exact) mass is 164 g/mol. The van der Waals surface area contributed by atoms with Crippen molar-refractivity contribution in [1.82, 2.24) is 5.43 Å². The molecule has 0 bridgehead atoms. The number of carbonyl (C=O) groups excluding carboxylic acids is 1. The maximum Gasteiger partial charge on any atom is 0.310 e. The van der Waals surface area contributed by atoms with Crippen molar-refractivity contribution < 1.29 is 17.8 Å². The van der Waals surface area contributed by atoms with Gasteiger partial charge in [-0.25, -0.2) is 5.43 Å². The summed E-state index contributed by atoms with van der Waals surface area (Å²) in [6, 6.07) is 0. The number of amides is 1. The average Bonchev–Trinajstić information content (AvgIpc) is 2.11. The van der Waals surface area contributed by atoms with Crippen LogP contribution in [0.4, 0.5) is 0 Å². The van der Waals surface area contributed by atoms with Gasteiger partial charge in [-0.1, -0.05) is 0 Å². The van der Waals surface area contributed by atoms with E-state index in [1.165, 1.54) is 0 Å². The molecule has 0 atom stereocenters. The Bertz CT molecular complexity index is 290. The molecule has 1 heterocycles. The number of nitrogens with zero attached hydrogens (tertiary/aromatic N) is 1. The van der Waals surface area contributed by atoms with Gasteiger partial charge in [0, 0.05) is 0 Å². The van der Waals surface area contributed by atoms with E-state index in [9.17, 15) is 13.2 Å². The Hall–Kier alpha value is -0.950. The van der Waals surface area contributed by atoms with Gasteiger partial charge in [0.2, 0.25) is 5.91 Å². The van der Waals surface area contributed by atoms with Crippen molar-refractivity contribution in [2.75, 3.05) is 0 Å². The van der Waals surface area contributed by atoms with Crippen LogP contribution in [0.5, 0.6) is 0 Å². The first-order chi connectivity index (χ1) is 4.50. The van der Waals surface area contributed by atoms with Crippen LogP contribution in [0, 0.1) is 0 Å². The van der Waals surface area contributed by atoms with Crippen molar-refractivity contribution in [3.05, 3.63) is 0 Å². The lowest BCUT2D eigenvalue weighted by Crippen LogP contribution is -2.13. The van der Waals surface area contributed by atoms with Gasteiger partial charge in [0.05, 0.1) is 6.42 Å². The summed E-state index contributed by atoms with van der Waals surface area (Å²) in [7, 11) is -4.27. The van der Waals surface area contributed by atoms with E-state index in [0.29, 0.717) is 0 Å². The molecule has 0 aliphatic carbocycles. The Morgan fingerprint density at radius 2 is 2.20 bits per heavy atom. The predicted molar refractivity (Wildman–Crippen MR) is 31.7 cm³/mol. The standard InChI is InChI=1S/C3H4N2O4S/c6-2-1-3(5-4-2)10(7,8)9/h1H2,(H,4,6)(H,7,8,9). The van der Waals surface area contributed by atoms with Gasteiger partial charge in [0.25, 0.3) is 0 Å². The van der Waals surface area contributed by atoms with E-state index in [2.05, 4.69) is 5.10 Å². The van der Waals surface area contributed by atoms with Crippen LogP contribution in [-0.2, 0) is 14.9 Å². The predicted octanol–water partition coefficient (Wildman–Crippen LogP) is -1.29. The number of hydrogen-bond acceptors (Lipinski definition) is 4. The first-order valence-electron chi connectivity index (χ1n) is 2.33. The molecule has 2 N–H and O–H groups in total. The zero-order valence-electron chi connectivity index (χ0n) is 4.73. The highest BCUT2D eigenvalue weighted by Gasteiger charge is 2.24. The Labute approximate surface area is 56.7 Å². The summed E-state index contributed by atoms with van der Waals surface area (Å²) < 4.78 is 28.7. The zero-order chi connectivity index (χ0) is 7.78. The second kappa shape index (κ2) is 2.03. The highest BCUT2D eigenvalue weighted by molar-refractivity contribution is 8.01. The van der Waals surface area contributed by atoms with Gasteiger partial charge in [-0.2, -0.15) is 13.5 Å². The molecular weight excluding hydrogens is 160 g/mol. The second-order valence-corrected chi connectivity index (χ2v) is 3.11. The van der Waals surface area contributed by atoms with Gasteiger partial charge < -0.3 is 0 Å². The van der Waals surface area contributed by atoms with E-state index < -0.39 is 21.1 Å². The van der Waals surface area contributed by atoms with Crippen LogP contribution in [0.2, 0.25) is 0 Å². The topological polar surface area (TPSA) is 95.8 Å². The summed E-state index contributed by atoms with van der Waals surface area (Å²) in [4.78, 5) is 10.3. The van der Waals surface area contributed by atoms with Crippen LogP contribution in [0.25, 0.3) is 0 Å². The van der Waals surface area contributed by atoms with Crippen LogP contribution in [0.1, 0.15) is 6.42 Å². The van der Waals surface area contributed by atoms with E-state index in [4.69, 9.17) is 4.55 Å². The molecule has 56 valence electrons. The van der Waals surface area contributed by atoms with E-state index >= 15 is 0 Å². The number of nitrogens with one attached hydrogen (secondary N) is 1. The third-order valence-electron chi connectivity index (χ3n) is 0.915. The largest absolute Gasteiger partial charge is 0.310 e. The minimum Gasteiger partial charge on any atom is -0.281 e. The third kappa shape index (κ3) is 1.31. The summed E-state index contributed by atoms with van der Waals surface area (Å²) in [5.74, 6) is -0.535. The number of hydrogen-bond donors (Lipinski definition) is 2. The smallest absolute Gasteiger partial charge is 0.281 e. The first-order valence-corrected chi connectivity index (χ1v) is 3.77. The molecule has 1 amide bonds. The van der Waals surface area contributed by atoms with Crippen LogP contribution < -0.4 is 5.43 Å². The molecule has 0 aromatic heterocycles. The average molecular weight is 164 g/mol. The molecule has 0 fully saturated rings. The Morgan fingerprint density at radius 1 is 1.60 bits per heavy atom. The molecule has 0 unspecified atom stereocenters. The van der Waals surface area contributed by atoms with Gasteiger partial charge in [-0.3, -0.25) is 9.35 Å². The summed E-state index contributed by atoms with van der Waals surface area (Å²) >= 11 is 0. The van der Waals surface area contributed by atoms with Crippen LogP contribution in [0.15, 0.2) is 5.10 Å². The third-order valence-corrected chi connectivity index (χ3v) is 1.75. The molecule has 7 heteroatoms. The maximum absolute atomic E-state index is 10.3. The highest BCUT2D eigenvalue weighted by atomic mass is 32.2. The number of carbonyl (C=O) groups is 1. The first kappa shape index (κ1) is 7.16. The normalized spacial score (nSPS) is 18.5. The van der Waals surface area contributed by atoms with Crippen LogP contribution in [0.3, 0.4) is 0 Å². The summed E-state index contributed by atoms with van der Waals surface area (Å²) in [6.45, 7) is 0. The molecule has 0 aromatic rings. The van der Waals surface area contributed by atoms with Gasteiger partial charge in [-0.15, -0.1) is 0 Å². The summed E-state index contributed by atoms with van der Waals surface area (Å²) in [6.07, 6.45) is -0.376. The number of rotatable bonds is 0. The van der Waals surface area contributed by atoms with Gasteiger partial charge in [0.1, 0.15) is 0 Å². The fraction of sp³-hybridized carbons (Fsp3) is 0.333. The lowest BCUT2D eigenvalue weighted by molar-refractivity contribution is -0.119. The van der Waals surface area contributed by atoms with Gasteiger partial charge in [0.15, 0.2) is 5.04 Å². The van der Waals surface area contributed by atoms with E-state index in [-0.39, 0.29) is 6.42 Å². The minimum atomic E-state index is -4.27. The van der Waals surface area contributed by atoms with Crippen molar-refractivity contribution in [3.63, 3.8) is 0 Å².